The average molecular weight is 736 g/mol. The number of fused-ring (bicyclic) bond motifs is 7. The predicted molar refractivity (Wildman–Crippen MR) is 241 cm³/mol. The summed E-state index contributed by atoms with van der Waals surface area (Å²) in [7, 11) is 0. The number of anilines is 3. The number of nitrogens with zero attached hydrogens (tertiary/aromatic N) is 1. The Morgan fingerprint density at radius 2 is 0.873 bits per heavy atom. The molecule has 0 N–H and O–H groups in total. The zero-order valence-corrected chi connectivity index (χ0v) is 31.4. The fourth-order valence-electron chi connectivity index (χ4n) is 8.34. The Kier molecular flexibility index (Phi) is 7.61. The van der Waals surface area contributed by atoms with E-state index in [0.29, 0.717) is 0 Å². The Morgan fingerprint density at radius 3 is 1.65 bits per heavy atom. The van der Waals surface area contributed by atoms with Crippen LogP contribution in [-0.4, -0.2) is 0 Å². The largest absolute Gasteiger partial charge is 0.308 e. The van der Waals surface area contributed by atoms with E-state index in [-0.39, 0.29) is 0 Å². The molecule has 0 fully saturated rings. The van der Waals surface area contributed by atoms with Gasteiger partial charge < -0.3 is 4.90 Å². The summed E-state index contributed by atoms with van der Waals surface area (Å²) in [6.07, 6.45) is 0. The van der Waals surface area contributed by atoms with E-state index in [4.69, 9.17) is 0 Å². The molecule has 258 valence electrons. The predicted octanol–water partition coefficient (Wildman–Crippen LogP) is 16.0. The maximum absolute atomic E-state index is 2.54. The molecule has 11 aromatic rings. The van der Waals surface area contributed by atoms with E-state index < -0.39 is 0 Å². The zero-order valence-electron chi connectivity index (χ0n) is 29.8. The number of rotatable bonds is 6. The normalized spacial score (nSPS) is 11.6. The van der Waals surface area contributed by atoms with E-state index in [9.17, 15) is 0 Å². The molecule has 1 nitrogen and oxygen atoms in total. The van der Waals surface area contributed by atoms with Gasteiger partial charge in [0.2, 0.25) is 0 Å². The van der Waals surface area contributed by atoms with Gasteiger partial charge in [-0.05, 0) is 81.1 Å². The van der Waals surface area contributed by atoms with Crippen LogP contribution in [0.25, 0.3) is 84.5 Å². The molecular weight excluding hydrogens is 703 g/mol. The first-order valence-electron chi connectivity index (χ1n) is 18.7. The highest BCUT2D eigenvalue weighted by atomic mass is 32.1. The molecule has 2 heterocycles. The molecule has 0 aliphatic carbocycles. The molecule has 0 amide bonds. The van der Waals surface area contributed by atoms with Gasteiger partial charge in [-0.25, -0.2) is 0 Å². The Balaban J connectivity index is 1.23. The first-order valence-corrected chi connectivity index (χ1v) is 20.3. The topological polar surface area (TPSA) is 3.24 Å². The molecule has 11 rings (SSSR count). The lowest BCUT2D eigenvalue weighted by molar-refractivity contribution is 1.32. The van der Waals surface area contributed by atoms with Crippen LogP contribution in [0, 0.1) is 0 Å². The van der Waals surface area contributed by atoms with Gasteiger partial charge in [-0.3, -0.25) is 0 Å². The number of hydrogen-bond donors (Lipinski definition) is 0. The lowest BCUT2D eigenvalue weighted by atomic mass is 9.96. The van der Waals surface area contributed by atoms with E-state index in [1.165, 1.54) is 95.9 Å². The molecule has 0 aliphatic rings. The molecule has 9 aromatic carbocycles. The van der Waals surface area contributed by atoms with Gasteiger partial charge in [-0.1, -0.05) is 158 Å². The second-order valence-electron chi connectivity index (χ2n) is 14.0. The van der Waals surface area contributed by atoms with E-state index >= 15 is 0 Å². The quantitative estimate of drug-likeness (QED) is 0.164. The summed E-state index contributed by atoms with van der Waals surface area (Å²) in [5.74, 6) is 0. The van der Waals surface area contributed by atoms with Crippen LogP contribution in [0.15, 0.2) is 200 Å². The summed E-state index contributed by atoms with van der Waals surface area (Å²) in [6, 6.07) is 73.4. The Hall–Kier alpha value is -6.52. The minimum atomic E-state index is 1.13. The lowest BCUT2D eigenvalue weighted by Crippen LogP contribution is -2.11. The Morgan fingerprint density at radius 1 is 0.327 bits per heavy atom. The van der Waals surface area contributed by atoms with Gasteiger partial charge in [0.05, 0.1) is 16.1 Å². The van der Waals surface area contributed by atoms with Crippen LogP contribution in [-0.2, 0) is 0 Å². The van der Waals surface area contributed by atoms with Crippen LogP contribution < -0.4 is 4.90 Å². The van der Waals surface area contributed by atoms with Gasteiger partial charge in [0.25, 0.3) is 0 Å². The highest BCUT2D eigenvalue weighted by Crippen LogP contribution is 2.51. The van der Waals surface area contributed by atoms with Crippen molar-refractivity contribution < 1.29 is 0 Å². The Bertz CT molecular complexity index is 3150. The molecule has 2 aromatic heterocycles. The van der Waals surface area contributed by atoms with Crippen LogP contribution in [0.1, 0.15) is 0 Å². The number of hydrogen-bond acceptors (Lipinski definition) is 3. The molecule has 0 aliphatic heterocycles. The van der Waals surface area contributed by atoms with E-state index in [0.717, 1.165) is 5.69 Å². The van der Waals surface area contributed by atoms with Crippen molar-refractivity contribution in [3.8, 4) is 33.4 Å². The Labute approximate surface area is 327 Å². The van der Waals surface area contributed by atoms with E-state index in [2.05, 4.69) is 205 Å². The standard InChI is InChI=1S/C52H33NS2/c1-3-15-34(16-4-1)37-31-38(35-17-5-2-6-18-35)33-39(32-37)53(46-27-14-30-49-50(46)45-22-9-10-29-48(45)54-49)47-28-13-26-44-43-25-12-24-42(51(43)55-52(44)47)41-23-11-20-36-19-7-8-21-40(36)41/h1-33H. The van der Waals surface area contributed by atoms with Crippen molar-refractivity contribution in [2.75, 3.05) is 4.90 Å². The molecule has 3 heteroatoms. The van der Waals surface area contributed by atoms with Gasteiger partial charge in [0, 0.05) is 46.9 Å². The lowest BCUT2D eigenvalue weighted by Gasteiger charge is -2.28. The first-order chi connectivity index (χ1) is 27.3. The fourth-order valence-corrected chi connectivity index (χ4v) is 10.8. The third-order valence-electron chi connectivity index (χ3n) is 10.8. The molecule has 0 saturated heterocycles. The van der Waals surface area contributed by atoms with Crippen molar-refractivity contribution >= 4 is 90.9 Å². The van der Waals surface area contributed by atoms with Crippen LogP contribution >= 0.6 is 22.7 Å². The van der Waals surface area contributed by atoms with Gasteiger partial charge in [-0.2, -0.15) is 0 Å². The molecule has 0 spiro atoms. The summed E-state index contributed by atoms with van der Waals surface area (Å²) in [6.45, 7) is 0. The maximum atomic E-state index is 2.54. The third-order valence-corrected chi connectivity index (χ3v) is 13.2. The molecule has 55 heavy (non-hydrogen) atoms. The summed E-state index contributed by atoms with van der Waals surface area (Å²) in [5.41, 5.74) is 10.8. The van der Waals surface area contributed by atoms with Crippen molar-refractivity contribution in [3.05, 3.63) is 200 Å². The summed E-state index contributed by atoms with van der Waals surface area (Å²) >= 11 is 3.78. The second kappa shape index (κ2) is 13.1. The molecule has 0 radical (unpaired) electrons. The molecule has 0 atom stereocenters. The van der Waals surface area contributed by atoms with Crippen molar-refractivity contribution in [1.29, 1.82) is 0 Å². The monoisotopic (exact) mass is 735 g/mol. The van der Waals surface area contributed by atoms with Crippen molar-refractivity contribution in [2.24, 2.45) is 0 Å². The molecule has 0 unspecified atom stereocenters. The SMILES string of the molecule is c1ccc(-c2cc(-c3ccccc3)cc(N(c3cccc4c3sc3c(-c5cccc6ccccc56)cccc34)c3cccc4sc5ccccc5c34)c2)cc1. The maximum Gasteiger partial charge on any atom is 0.0640 e. The van der Waals surface area contributed by atoms with Crippen LogP contribution in [0.5, 0.6) is 0 Å². The van der Waals surface area contributed by atoms with Gasteiger partial charge >= 0.3 is 0 Å². The minimum Gasteiger partial charge on any atom is -0.308 e. The molecular formula is C52H33NS2. The highest BCUT2D eigenvalue weighted by molar-refractivity contribution is 7.27. The van der Waals surface area contributed by atoms with Crippen molar-refractivity contribution in [1.82, 2.24) is 0 Å². The van der Waals surface area contributed by atoms with Crippen molar-refractivity contribution in [2.45, 2.75) is 0 Å². The van der Waals surface area contributed by atoms with Gasteiger partial charge in [0.15, 0.2) is 0 Å². The van der Waals surface area contributed by atoms with E-state index in [1.807, 2.05) is 22.7 Å². The van der Waals surface area contributed by atoms with Crippen LogP contribution in [0.2, 0.25) is 0 Å². The second-order valence-corrected chi connectivity index (χ2v) is 16.2. The molecule has 0 saturated carbocycles. The minimum absolute atomic E-state index is 1.13. The van der Waals surface area contributed by atoms with E-state index in [1.54, 1.807) is 0 Å². The van der Waals surface area contributed by atoms with Crippen LogP contribution in [0.3, 0.4) is 0 Å². The third kappa shape index (κ3) is 5.35. The van der Waals surface area contributed by atoms with Crippen LogP contribution in [0.4, 0.5) is 17.1 Å². The highest BCUT2D eigenvalue weighted by Gasteiger charge is 2.23. The summed E-state index contributed by atoms with van der Waals surface area (Å²) in [5, 5.41) is 7.66. The average Bonchev–Trinajstić information content (AvgIpc) is 3.84. The fraction of sp³-hybridized carbons (Fsp3) is 0. The smallest absolute Gasteiger partial charge is 0.0640 e. The number of thiophene rings is 2. The summed E-state index contributed by atoms with van der Waals surface area (Å²) in [4.78, 5) is 2.54. The van der Waals surface area contributed by atoms with Gasteiger partial charge in [0.1, 0.15) is 0 Å². The van der Waals surface area contributed by atoms with Crippen molar-refractivity contribution in [3.63, 3.8) is 0 Å². The zero-order chi connectivity index (χ0) is 36.3. The molecule has 0 bridgehead atoms. The summed E-state index contributed by atoms with van der Waals surface area (Å²) < 4.78 is 5.16. The van der Waals surface area contributed by atoms with Gasteiger partial charge in [-0.15, -0.1) is 22.7 Å². The number of benzene rings is 9. The first kappa shape index (κ1) is 32.0.